The third-order valence-corrected chi connectivity index (χ3v) is 5.29. The van der Waals surface area contributed by atoms with E-state index >= 15 is 0 Å². The van der Waals surface area contributed by atoms with Crippen molar-refractivity contribution in [2.75, 3.05) is 7.11 Å². The lowest BCUT2D eigenvalue weighted by Crippen LogP contribution is -2.21. The molecule has 1 aliphatic rings. The number of carbonyl (C=O) groups is 1. The first kappa shape index (κ1) is 22.7. The number of fused-ring (bicyclic) bond motifs is 1. The van der Waals surface area contributed by atoms with Gasteiger partial charge in [-0.3, -0.25) is 0 Å². The molecule has 0 aromatic heterocycles. The summed E-state index contributed by atoms with van der Waals surface area (Å²) in [4.78, 5) is 12.6. The molecule has 1 aliphatic heterocycles. The van der Waals surface area contributed by atoms with Gasteiger partial charge in [0.1, 0.15) is 34.6 Å². The van der Waals surface area contributed by atoms with E-state index in [1.54, 1.807) is 49.6 Å². The number of rotatable bonds is 6. The topological polar surface area (TPSA) is 104 Å². The van der Waals surface area contributed by atoms with Gasteiger partial charge in [-0.05, 0) is 61.9 Å². The smallest absolute Gasteiger partial charge is 0.343 e. The summed E-state index contributed by atoms with van der Waals surface area (Å²) in [6, 6.07) is 21.4. The first-order chi connectivity index (χ1) is 16.4. The highest BCUT2D eigenvalue weighted by atomic mass is 16.5. The van der Waals surface area contributed by atoms with Gasteiger partial charge in [-0.2, -0.15) is 5.26 Å². The first-order valence-corrected chi connectivity index (χ1v) is 10.7. The monoisotopic (exact) mass is 456 g/mol. The van der Waals surface area contributed by atoms with Crippen LogP contribution in [0.25, 0.3) is 0 Å². The molecule has 0 spiro atoms. The van der Waals surface area contributed by atoms with Crippen LogP contribution in [0.15, 0.2) is 78.2 Å². The second-order valence-corrected chi connectivity index (χ2v) is 7.98. The number of nitriles is 1. The van der Waals surface area contributed by atoms with E-state index in [2.05, 4.69) is 6.07 Å². The fourth-order valence-corrected chi connectivity index (χ4v) is 3.77. The van der Waals surface area contributed by atoms with Gasteiger partial charge in [0.05, 0.1) is 24.7 Å². The van der Waals surface area contributed by atoms with Crippen molar-refractivity contribution in [2.45, 2.75) is 25.9 Å². The van der Waals surface area contributed by atoms with Gasteiger partial charge >= 0.3 is 5.97 Å². The number of nitrogens with two attached hydrogens (primary N) is 1. The fourth-order valence-electron chi connectivity index (χ4n) is 3.77. The van der Waals surface area contributed by atoms with E-state index in [1.165, 1.54) is 0 Å². The molecule has 0 saturated carbocycles. The molecule has 0 aliphatic carbocycles. The lowest BCUT2D eigenvalue weighted by Gasteiger charge is -2.27. The SMILES string of the molecule is COc1cccc(C2C(C#N)=C(N)Oc3cc(OC(=O)c4ccc(OC(C)C)cc4)ccc32)c1. The van der Waals surface area contributed by atoms with E-state index in [0.717, 1.165) is 11.1 Å². The van der Waals surface area contributed by atoms with Crippen LogP contribution in [0.1, 0.15) is 41.3 Å². The van der Waals surface area contributed by atoms with Gasteiger partial charge in [-0.15, -0.1) is 0 Å². The molecule has 0 radical (unpaired) electrons. The van der Waals surface area contributed by atoms with Gasteiger partial charge in [0.2, 0.25) is 5.88 Å². The van der Waals surface area contributed by atoms with Crippen LogP contribution >= 0.6 is 0 Å². The van der Waals surface area contributed by atoms with Crippen molar-refractivity contribution in [3.63, 3.8) is 0 Å². The molecule has 1 atom stereocenters. The molecule has 0 bridgehead atoms. The molecule has 34 heavy (non-hydrogen) atoms. The van der Waals surface area contributed by atoms with E-state index in [4.69, 9.17) is 24.7 Å². The molecule has 1 heterocycles. The molecule has 0 saturated heterocycles. The number of benzene rings is 3. The molecule has 1 unspecified atom stereocenters. The minimum atomic E-state index is -0.516. The van der Waals surface area contributed by atoms with E-state index in [-0.39, 0.29) is 12.0 Å². The summed E-state index contributed by atoms with van der Waals surface area (Å²) in [7, 11) is 1.58. The Balaban J connectivity index is 1.61. The Labute approximate surface area is 197 Å². The number of hydrogen-bond donors (Lipinski definition) is 1. The molecular weight excluding hydrogens is 432 g/mol. The van der Waals surface area contributed by atoms with Gasteiger partial charge < -0.3 is 24.7 Å². The van der Waals surface area contributed by atoms with Crippen molar-refractivity contribution in [1.29, 1.82) is 5.26 Å². The van der Waals surface area contributed by atoms with Crippen LogP contribution in [0.5, 0.6) is 23.0 Å². The van der Waals surface area contributed by atoms with Crippen LogP contribution in [0.4, 0.5) is 0 Å². The second-order valence-electron chi connectivity index (χ2n) is 7.98. The number of methoxy groups -OCH3 is 1. The van der Waals surface area contributed by atoms with Crippen LogP contribution < -0.4 is 24.7 Å². The lowest BCUT2D eigenvalue weighted by molar-refractivity contribution is 0.0734. The standard InChI is InChI=1S/C27H24N2O5/c1-16(2)32-19-9-7-17(8-10-19)27(30)33-21-11-12-22-24(14-21)34-26(29)23(15-28)25(22)18-5-4-6-20(13-18)31-3/h4-14,16,25H,29H2,1-3H3. The normalized spacial score (nSPS) is 14.6. The highest BCUT2D eigenvalue weighted by Crippen LogP contribution is 2.44. The van der Waals surface area contributed by atoms with Gasteiger partial charge in [0.15, 0.2) is 0 Å². The number of esters is 1. The maximum Gasteiger partial charge on any atom is 0.343 e. The first-order valence-electron chi connectivity index (χ1n) is 10.7. The summed E-state index contributed by atoms with van der Waals surface area (Å²) in [5.74, 6) is 1.09. The quantitative estimate of drug-likeness (QED) is 0.415. The lowest BCUT2D eigenvalue weighted by atomic mass is 9.83. The summed E-state index contributed by atoms with van der Waals surface area (Å²) in [6.07, 6.45) is 0.0390. The summed E-state index contributed by atoms with van der Waals surface area (Å²) in [6.45, 7) is 3.86. The highest BCUT2D eigenvalue weighted by Gasteiger charge is 2.31. The average molecular weight is 456 g/mol. The van der Waals surface area contributed by atoms with Crippen LogP contribution in [0.3, 0.4) is 0 Å². The van der Waals surface area contributed by atoms with Crippen LogP contribution in [0, 0.1) is 11.3 Å². The second kappa shape index (κ2) is 9.59. The zero-order valence-corrected chi connectivity index (χ0v) is 19.1. The third-order valence-electron chi connectivity index (χ3n) is 5.29. The predicted molar refractivity (Wildman–Crippen MR) is 126 cm³/mol. The number of nitrogens with zero attached hydrogens (tertiary/aromatic N) is 1. The Morgan fingerprint density at radius 3 is 2.44 bits per heavy atom. The summed E-state index contributed by atoms with van der Waals surface area (Å²) in [5.41, 5.74) is 8.32. The number of carbonyl (C=O) groups excluding carboxylic acids is 1. The molecule has 3 aromatic rings. The Kier molecular flexibility index (Phi) is 6.42. The number of allylic oxidation sites excluding steroid dienone is 1. The Bertz CT molecular complexity index is 1290. The molecule has 4 rings (SSSR count). The molecule has 7 heteroatoms. The molecule has 172 valence electrons. The maximum atomic E-state index is 12.6. The fraction of sp³-hybridized carbons (Fsp3) is 0.185. The zero-order valence-electron chi connectivity index (χ0n) is 19.1. The molecule has 7 nitrogen and oxygen atoms in total. The van der Waals surface area contributed by atoms with Crippen molar-refractivity contribution in [3.05, 3.63) is 94.9 Å². The van der Waals surface area contributed by atoms with E-state index in [9.17, 15) is 10.1 Å². The van der Waals surface area contributed by atoms with Crippen molar-refractivity contribution in [3.8, 4) is 29.1 Å². The Hall–Kier alpha value is -4.44. The number of ether oxygens (including phenoxy) is 4. The van der Waals surface area contributed by atoms with Gasteiger partial charge in [-0.25, -0.2) is 4.79 Å². The van der Waals surface area contributed by atoms with Crippen molar-refractivity contribution in [2.24, 2.45) is 5.73 Å². The molecule has 0 amide bonds. The van der Waals surface area contributed by atoms with Crippen molar-refractivity contribution >= 4 is 5.97 Å². The molecule has 0 fully saturated rings. The van der Waals surface area contributed by atoms with E-state index in [1.807, 2.05) is 38.1 Å². The van der Waals surface area contributed by atoms with Crippen molar-refractivity contribution in [1.82, 2.24) is 0 Å². The maximum absolute atomic E-state index is 12.6. The minimum absolute atomic E-state index is 0.00652. The van der Waals surface area contributed by atoms with E-state index in [0.29, 0.717) is 34.1 Å². The summed E-state index contributed by atoms with van der Waals surface area (Å²) >= 11 is 0. The summed E-state index contributed by atoms with van der Waals surface area (Å²) < 4.78 is 22.2. The van der Waals surface area contributed by atoms with E-state index < -0.39 is 11.9 Å². The van der Waals surface area contributed by atoms with Gasteiger partial charge in [0, 0.05) is 11.6 Å². The largest absolute Gasteiger partial charge is 0.497 e. The van der Waals surface area contributed by atoms with Gasteiger partial charge in [0.25, 0.3) is 0 Å². The molecule has 3 aromatic carbocycles. The minimum Gasteiger partial charge on any atom is -0.497 e. The van der Waals surface area contributed by atoms with Crippen LogP contribution in [-0.2, 0) is 0 Å². The van der Waals surface area contributed by atoms with Crippen LogP contribution in [-0.4, -0.2) is 19.2 Å². The van der Waals surface area contributed by atoms with Gasteiger partial charge in [-0.1, -0.05) is 18.2 Å². The Morgan fingerprint density at radius 1 is 1.03 bits per heavy atom. The molecule has 2 N–H and O–H groups in total. The number of hydrogen-bond acceptors (Lipinski definition) is 7. The van der Waals surface area contributed by atoms with Crippen molar-refractivity contribution < 1.29 is 23.7 Å². The predicted octanol–water partition coefficient (Wildman–Crippen LogP) is 4.92. The average Bonchev–Trinajstić information content (AvgIpc) is 2.83. The summed E-state index contributed by atoms with van der Waals surface area (Å²) in [5, 5.41) is 9.74. The highest BCUT2D eigenvalue weighted by molar-refractivity contribution is 5.91. The van der Waals surface area contributed by atoms with Crippen LogP contribution in [0.2, 0.25) is 0 Å². The zero-order chi connectivity index (χ0) is 24.2. The molecular formula is C27H24N2O5. The Morgan fingerprint density at radius 2 is 1.76 bits per heavy atom. The third kappa shape index (κ3) is 4.66.